The van der Waals surface area contributed by atoms with Gasteiger partial charge in [0.1, 0.15) is 0 Å². The molecule has 3 rings (SSSR count). The molecule has 0 aliphatic carbocycles. The van der Waals surface area contributed by atoms with Crippen molar-refractivity contribution in [2.45, 2.75) is 30.2 Å². The van der Waals surface area contributed by atoms with E-state index in [9.17, 15) is 13.2 Å². The Hall–Kier alpha value is -1.90. The van der Waals surface area contributed by atoms with Crippen LogP contribution in [0.1, 0.15) is 41.4 Å². The van der Waals surface area contributed by atoms with Crippen LogP contribution in [-0.2, 0) is 10.0 Å². The molecule has 140 valence electrons. The number of nitrogens with one attached hydrogen (secondary N) is 1. The Morgan fingerprint density at radius 1 is 1.27 bits per heavy atom. The molecular weight excluding hydrogens is 376 g/mol. The van der Waals surface area contributed by atoms with Gasteiger partial charge in [0.2, 0.25) is 10.0 Å². The summed E-state index contributed by atoms with van der Waals surface area (Å²) in [6, 6.07) is 5.67. The predicted octanol–water partition coefficient (Wildman–Crippen LogP) is 2.68. The number of aromatic nitrogens is 2. The first kappa shape index (κ1) is 18.9. The van der Waals surface area contributed by atoms with Crippen LogP contribution in [0.25, 0.3) is 0 Å². The Bertz CT molecular complexity index is 893. The van der Waals surface area contributed by atoms with Crippen LogP contribution in [0.3, 0.4) is 0 Å². The molecule has 1 fully saturated rings. The van der Waals surface area contributed by atoms with E-state index in [2.05, 4.69) is 10.2 Å². The first-order valence-corrected chi connectivity index (χ1v) is 10.2. The maximum absolute atomic E-state index is 13.2. The third kappa shape index (κ3) is 3.49. The van der Waals surface area contributed by atoms with Crippen LogP contribution in [-0.4, -0.2) is 54.4 Å². The lowest BCUT2D eigenvalue weighted by molar-refractivity contribution is 0.0824. The quantitative estimate of drug-likeness (QED) is 0.860. The van der Waals surface area contributed by atoms with Gasteiger partial charge in [-0.05, 0) is 37.1 Å². The molecule has 0 bridgehead atoms. The minimum atomic E-state index is -3.71. The van der Waals surface area contributed by atoms with Gasteiger partial charge >= 0.3 is 0 Å². The molecule has 0 radical (unpaired) electrons. The summed E-state index contributed by atoms with van der Waals surface area (Å²) < 4.78 is 27.8. The fourth-order valence-corrected chi connectivity index (χ4v) is 4.98. The van der Waals surface area contributed by atoms with Crippen LogP contribution in [0.15, 0.2) is 35.4 Å². The van der Waals surface area contributed by atoms with Crippen LogP contribution >= 0.6 is 11.6 Å². The number of carbonyl (C=O) groups excluding carboxylic acids is 1. The van der Waals surface area contributed by atoms with Gasteiger partial charge in [-0.2, -0.15) is 9.40 Å². The Kier molecular flexibility index (Phi) is 5.36. The van der Waals surface area contributed by atoms with Gasteiger partial charge in [0.15, 0.2) is 0 Å². The van der Waals surface area contributed by atoms with Crippen LogP contribution in [0, 0.1) is 0 Å². The molecule has 26 heavy (non-hydrogen) atoms. The van der Waals surface area contributed by atoms with Gasteiger partial charge in [-0.25, -0.2) is 8.42 Å². The van der Waals surface area contributed by atoms with E-state index in [-0.39, 0.29) is 10.8 Å². The number of piperidine rings is 1. The first-order valence-electron chi connectivity index (χ1n) is 8.34. The second-order valence-corrected chi connectivity index (χ2v) is 8.81. The largest absolute Gasteiger partial charge is 0.345 e. The first-order chi connectivity index (χ1) is 12.3. The van der Waals surface area contributed by atoms with Crippen molar-refractivity contribution in [3.63, 3.8) is 0 Å². The smallest absolute Gasteiger partial charge is 0.256 e. The minimum Gasteiger partial charge on any atom is -0.345 e. The molecular formula is C17H21ClN4O3S. The van der Waals surface area contributed by atoms with Crippen molar-refractivity contribution in [3.8, 4) is 0 Å². The number of sulfonamides is 1. The number of benzene rings is 1. The van der Waals surface area contributed by atoms with E-state index in [1.807, 2.05) is 0 Å². The molecule has 9 heteroatoms. The van der Waals surface area contributed by atoms with Crippen molar-refractivity contribution in [2.75, 3.05) is 20.6 Å². The van der Waals surface area contributed by atoms with Crippen molar-refractivity contribution in [1.29, 1.82) is 0 Å². The lowest BCUT2D eigenvalue weighted by Crippen LogP contribution is -2.39. The van der Waals surface area contributed by atoms with E-state index >= 15 is 0 Å². The van der Waals surface area contributed by atoms with E-state index in [0.717, 1.165) is 12.8 Å². The second kappa shape index (κ2) is 7.38. The van der Waals surface area contributed by atoms with Crippen LogP contribution in [0.4, 0.5) is 0 Å². The highest BCUT2D eigenvalue weighted by molar-refractivity contribution is 7.89. The molecule has 1 aromatic heterocycles. The molecule has 1 saturated heterocycles. The molecule has 1 atom stereocenters. The number of nitrogens with zero attached hydrogens (tertiary/aromatic N) is 3. The summed E-state index contributed by atoms with van der Waals surface area (Å²) >= 11 is 5.88. The van der Waals surface area contributed by atoms with E-state index in [1.165, 1.54) is 27.5 Å². The highest BCUT2D eigenvalue weighted by atomic mass is 35.5. The highest BCUT2D eigenvalue weighted by Gasteiger charge is 2.37. The van der Waals surface area contributed by atoms with Gasteiger partial charge in [-0.1, -0.05) is 18.0 Å². The second-order valence-electron chi connectivity index (χ2n) is 6.48. The van der Waals surface area contributed by atoms with Gasteiger partial charge in [-0.15, -0.1) is 0 Å². The average Bonchev–Trinajstić information content (AvgIpc) is 3.10. The summed E-state index contributed by atoms with van der Waals surface area (Å²) in [5, 5.41) is 7.32. The molecule has 0 saturated carbocycles. The van der Waals surface area contributed by atoms with Crippen molar-refractivity contribution in [3.05, 3.63) is 46.7 Å². The Labute approximate surface area is 158 Å². The number of amides is 1. The van der Waals surface area contributed by atoms with Gasteiger partial charge in [0.05, 0.1) is 28.4 Å². The maximum atomic E-state index is 13.2. The number of hydrogen-bond donors (Lipinski definition) is 1. The zero-order valence-electron chi connectivity index (χ0n) is 14.6. The van der Waals surface area contributed by atoms with Gasteiger partial charge in [0.25, 0.3) is 5.91 Å². The summed E-state index contributed by atoms with van der Waals surface area (Å²) in [5.74, 6) is -0.205. The molecule has 1 unspecified atom stereocenters. The topological polar surface area (TPSA) is 86.4 Å². The van der Waals surface area contributed by atoms with Crippen molar-refractivity contribution >= 4 is 27.5 Å². The van der Waals surface area contributed by atoms with Crippen LogP contribution in [0.2, 0.25) is 5.02 Å². The van der Waals surface area contributed by atoms with Crippen molar-refractivity contribution < 1.29 is 13.2 Å². The number of hydrogen-bond acceptors (Lipinski definition) is 4. The van der Waals surface area contributed by atoms with Gasteiger partial charge in [0, 0.05) is 25.7 Å². The minimum absolute atomic E-state index is 0.189. The number of carbonyl (C=O) groups is 1. The summed E-state index contributed by atoms with van der Waals surface area (Å²) in [5.41, 5.74) is 0.944. The summed E-state index contributed by atoms with van der Waals surface area (Å²) in [4.78, 5) is 14.1. The molecule has 2 heterocycles. The van der Waals surface area contributed by atoms with E-state index in [4.69, 9.17) is 11.6 Å². The zero-order valence-corrected chi connectivity index (χ0v) is 16.2. The lowest BCUT2D eigenvalue weighted by atomic mass is 9.99. The van der Waals surface area contributed by atoms with E-state index in [0.29, 0.717) is 29.2 Å². The molecule has 1 aliphatic heterocycles. The third-order valence-electron chi connectivity index (χ3n) is 4.51. The number of aromatic amines is 1. The third-order valence-corrected chi connectivity index (χ3v) is 6.69. The highest BCUT2D eigenvalue weighted by Crippen LogP contribution is 2.36. The predicted molar refractivity (Wildman–Crippen MR) is 98.5 cm³/mol. The normalized spacial score (nSPS) is 18.7. The number of halogens is 1. The van der Waals surface area contributed by atoms with Crippen LogP contribution in [0.5, 0.6) is 0 Å². The average molecular weight is 397 g/mol. The Morgan fingerprint density at radius 2 is 1.96 bits per heavy atom. The fraction of sp³-hybridized carbons (Fsp3) is 0.412. The van der Waals surface area contributed by atoms with Crippen molar-refractivity contribution in [2.24, 2.45) is 0 Å². The van der Waals surface area contributed by atoms with E-state index in [1.54, 1.807) is 26.2 Å². The molecule has 7 nitrogen and oxygen atoms in total. The van der Waals surface area contributed by atoms with Gasteiger partial charge in [-0.3, -0.25) is 9.89 Å². The Morgan fingerprint density at radius 3 is 2.62 bits per heavy atom. The summed E-state index contributed by atoms with van der Waals surface area (Å²) in [6.07, 6.45) is 3.74. The molecule has 1 aliphatic rings. The SMILES string of the molecule is CN(C)C(=O)c1cn[nH]c1C1CCCCN1S(=O)(=O)c1ccc(Cl)cc1. The monoisotopic (exact) mass is 396 g/mol. The number of rotatable bonds is 4. The maximum Gasteiger partial charge on any atom is 0.256 e. The molecule has 1 N–H and O–H groups in total. The number of H-pyrrole nitrogens is 1. The fourth-order valence-electron chi connectivity index (χ4n) is 3.18. The lowest BCUT2D eigenvalue weighted by Gasteiger charge is -2.34. The zero-order chi connectivity index (χ0) is 18.9. The summed E-state index contributed by atoms with van der Waals surface area (Å²) in [7, 11) is -0.405. The summed E-state index contributed by atoms with van der Waals surface area (Å²) in [6.45, 7) is 0.393. The molecule has 1 amide bonds. The Balaban J connectivity index is 2.01. The standard InChI is InChI=1S/C17H21ClN4O3S/c1-21(2)17(23)14-11-19-20-16(14)15-5-3-4-10-22(15)26(24,25)13-8-6-12(18)7-9-13/h6-9,11,15H,3-5,10H2,1-2H3,(H,19,20). The van der Waals surface area contributed by atoms with E-state index < -0.39 is 16.1 Å². The van der Waals surface area contributed by atoms with Crippen LogP contribution < -0.4 is 0 Å². The van der Waals surface area contributed by atoms with Crippen molar-refractivity contribution in [1.82, 2.24) is 19.4 Å². The molecule has 1 aromatic carbocycles. The van der Waals surface area contributed by atoms with Gasteiger partial charge < -0.3 is 4.90 Å². The molecule has 0 spiro atoms. The molecule has 2 aromatic rings.